The predicted molar refractivity (Wildman–Crippen MR) is 56.0 cm³/mol. The van der Waals surface area contributed by atoms with Crippen molar-refractivity contribution in [1.29, 1.82) is 0 Å². The molecule has 0 fully saturated rings. The molecule has 0 saturated carbocycles. The fourth-order valence-corrected chi connectivity index (χ4v) is 1.35. The Morgan fingerprint density at radius 3 is 2.06 bits per heavy atom. The van der Waals surface area contributed by atoms with E-state index < -0.39 is 15.3 Å². The van der Waals surface area contributed by atoms with E-state index in [1.807, 2.05) is 5.92 Å². The fourth-order valence-electron chi connectivity index (χ4n) is 0.717. The Bertz CT molecular complexity index is 535. The highest BCUT2D eigenvalue weighted by Crippen LogP contribution is 2.23. The first-order valence-corrected chi connectivity index (χ1v) is 6.10. The number of rotatable bonds is 0. The Hall–Kier alpha value is -1.00. The van der Waals surface area contributed by atoms with Crippen LogP contribution in [0.5, 0.6) is 0 Å². The minimum Gasteiger partial charge on any atom is -0.206 e. The van der Waals surface area contributed by atoms with Crippen molar-refractivity contribution in [1.82, 2.24) is 0 Å². The summed E-state index contributed by atoms with van der Waals surface area (Å²) < 4.78 is 57.6. The van der Waals surface area contributed by atoms with E-state index in [0.29, 0.717) is 0 Å². The van der Waals surface area contributed by atoms with Crippen molar-refractivity contribution >= 4 is 25.8 Å². The predicted octanol–water partition coefficient (Wildman–Crippen LogP) is 2.69. The second-order valence-corrected chi connectivity index (χ2v) is 5.27. The molecule has 2 nitrogen and oxygen atoms in total. The van der Waals surface area contributed by atoms with Crippen LogP contribution in [0, 0.1) is 11.2 Å². The Kier molecular flexibility index (Phi) is 3.65. The summed E-state index contributed by atoms with van der Waals surface area (Å²) in [7, 11) is -5.38. The maximum Gasteiger partial charge on any atom is 0.509 e. The average molecular weight is 313 g/mol. The van der Waals surface area contributed by atoms with Crippen LogP contribution in [0.15, 0.2) is 28.7 Å². The zero-order chi connectivity index (χ0) is 12.4. The van der Waals surface area contributed by atoms with Crippen molar-refractivity contribution in [3.63, 3.8) is 0 Å². The summed E-state index contributed by atoms with van der Waals surface area (Å²) >= 11 is 3.12. The van der Waals surface area contributed by atoms with Gasteiger partial charge in [0.2, 0.25) is 0 Å². The van der Waals surface area contributed by atoms with Gasteiger partial charge < -0.3 is 0 Å². The van der Waals surface area contributed by atoms with E-state index in [-0.39, 0.29) is 5.56 Å². The second kappa shape index (κ2) is 4.47. The summed E-state index contributed by atoms with van der Waals surface area (Å²) in [6.45, 7) is 0. The van der Waals surface area contributed by atoms with Gasteiger partial charge in [-0.1, -0.05) is 15.9 Å². The third-order valence-corrected chi connectivity index (χ3v) is 2.99. The van der Waals surface area contributed by atoms with Crippen molar-refractivity contribution < 1.29 is 21.6 Å². The Morgan fingerprint density at radius 2 is 1.62 bits per heavy atom. The highest BCUT2D eigenvalue weighted by molar-refractivity contribution is 9.10. The van der Waals surface area contributed by atoms with Gasteiger partial charge in [-0.2, -0.15) is 13.2 Å². The quantitative estimate of drug-likeness (QED) is 0.690. The number of hydrogen-bond donors (Lipinski definition) is 0. The lowest BCUT2D eigenvalue weighted by Crippen LogP contribution is -2.20. The van der Waals surface area contributed by atoms with Crippen molar-refractivity contribution in [3.05, 3.63) is 34.3 Å². The van der Waals surface area contributed by atoms with Crippen LogP contribution in [0.4, 0.5) is 13.2 Å². The van der Waals surface area contributed by atoms with Crippen LogP contribution in [-0.2, 0) is 9.84 Å². The lowest BCUT2D eigenvalue weighted by atomic mass is 10.2. The molecule has 16 heavy (non-hydrogen) atoms. The number of benzene rings is 1. The molecule has 0 atom stereocenters. The SMILES string of the molecule is O=S(=O)(C#Cc1ccc(Br)cc1)C(F)(F)F. The Morgan fingerprint density at radius 1 is 1.12 bits per heavy atom. The van der Waals surface area contributed by atoms with E-state index in [1.54, 1.807) is 12.1 Å². The molecule has 0 N–H and O–H groups in total. The largest absolute Gasteiger partial charge is 0.509 e. The van der Waals surface area contributed by atoms with Gasteiger partial charge in [0.25, 0.3) is 0 Å². The van der Waals surface area contributed by atoms with Gasteiger partial charge in [-0.25, -0.2) is 8.42 Å². The summed E-state index contributed by atoms with van der Waals surface area (Å²) in [5, 5.41) is 1.22. The van der Waals surface area contributed by atoms with Gasteiger partial charge in [-0.3, -0.25) is 0 Å². The molecule has 0 bridgehead atoms. The van der Waals surface area contributed by atoms with Crippen LogP contribution in [0.1, 0.15) is 5.56 Å². The molecule has 1 aromatic carbocycles. The molecule has 0 spiro atoms. The first kappa shape index (κ1) is 13.1. The van der Waals surface area contributed by atoms with Crippen LogP contribution in [0.2, 0.25) is 0 Å². The Labute approximate surface area is 98.5 Å². The zero-order valence-electron chi connectivity index (χ0n) is 7.55. The minimum absolute atomic E-state index is 0.191. The number of sulfone groups is 1. The molecule has 0 heterocycles. The lowest BCUT2D eigenvalue weighted by molar-refractivity contribution is -0.0420. The van der Waals surface area contributed by atoms with Gasteiger partial charge in [0.05, 0.1) is 0 Å². The fraction of sp³-hybridized carbons (Fsp3) is 0.111. The highest BCUT2D eigenvalue weighted by Gasteiger charge is 2.44. The highest BCUT2D eigenvalue weighted by atomic mass is 79.9. The molecule has 0 amide bonds. The standard InChI is InChI=1S/C9H4BrF3O2S/c10-8-3-1-7(2-4-8)5-6-16(14,15)9(11,12)13/h1-4H. The third kappa shape index (κ3) is 3.25. The number of hydrogen-bond acceptors (Lipinski definition) is 2. The first-order chi connectivity index (χ1) is 7.22. The van der Waals surface area contributed by atoms with Crippen molar-refractivity contribution in [2.75, 3.05) is 0 Å². The zero-order valence-corrected chi connectivity index (χ0v) is 9.95. The summed E-state index contributed by atoms with van der Waals surface area (Å²) in [5.41, 5.74) is -5.15. The van der Waals surface area contributed by atoms with Gasteiger partial charge in [0.15, 0.2) is 0 Å². The molecule has 0 aliphatic carbocycles. The molecule has 0 aliphatic heterocycles. The van der Waals surface area contributed by atoms with Crippen LogP contribution in [0.25, 0.3) is 0 Å². The van der Waals surface area contributed by atoms with Crippen LogP contribution >= 0.6 is 15.9 Å². The normalized spacial score (nSPS) is 11.8. The number of halogens is 4. The van der Waals surface area contributed by atoms with E-state index in [9.17, 15) is 21.6 Å². The van der Waals surface area contributed by atoms with Gasteiger partial charge >= 0.3 is 15.3 Å². The number of alkyl halides is 3. The Balaban J connectivity index is 3.04. The van der Waals surface area contributed by atoms with E-state index in [2.05, 4.69) is 15.9 Å². The van der Waals surface area contributed by atoms with Crippen LogP contribution < -0.4 is 0 Å². The third-order valence-electron chi connectivity index (χ3n) is 1.48. The first-order valence-electron chi connectivity index (χ1n) is 3.82. The summed E-state index contributed by atoms with van der Waals surface area (Å²) in [6.07, 6.45) is 0. The monoisotopic (exact) mass is 312 g/mol. The minimum atomic E-state index is -5.38. The van der Waals surface area contributed by atoms with Crippen molar-refractivity contribution in [2.24, 2.45) is 0 Å². The molecule has 1 aromatic rings. The molecule has 0 radical (unpaired) electrons. The van der Waals surface area contributed by atoms with E-state index in [0.717, 1.165) is 4.47 Å². The van der Waals surface area contributed by atoms with Gasteiger partial charge in [0.1, 0.15) is 0 Å². The molecule has 0 saturated heterocycles. The molecular formula is C9H4BrF3O2S. The summed E-state index contributed by atoms with van der Waals surface area (Å²) in [5.74, 6) is 1.94. The van der Waals surface area contributed by atoms with E-state index in [4.69, 9.17) is 0 Å². The summed E-state index contributed by atoms with van der Waals surface area (Å²) in [6, 6.07) is 5.90. The maximum absolute atomic E-state index is 11.9. The van der Waals surface area contributed by atoms with Crippen molar-refractivity contribution in [2.45, 2.75) is 5.51 Å². The van der Waals surface area contributed by atoms with Gasteiger partial charge in [-0.05, 0) is 30.2 Å². The van der Waals surface area contributed by atoms with Crippen LogP contribution in [-0.4, -0.2) is 13.9 Å². The van der Waals surface area contributed by atoms with E-state index >= 15 is 0 Å². The van der Waals surface area contributed by atoms with Gasteiger partial charge in [0, 0.05) is 15.3 Å². The molecule has 0 aromatic heterocycles. The van der Waals surface area contributed by atoms with Gasteiger partial charge in [-0.15, -0.1) is 0 Å². The molecule has 1 rings (SSSR count). The molecular weight excluding hydrogens is 309 g/mol. The average Bonchev–Trinajstić information content (AvgIpc) is 2.15. The van der Waals surface area contributed by atoms with Crippen molar-refractivity contribution in [3.8, 4) is 11.2 Å². The maximum atomic E-state index is 11.9. The molecule has 86 valence electrons. The summed E-state index contributed by atoms with van der Waals surface area (Å²) in [4.78, 5) is 0. The lowest BCUT2D eigenvalue weighted by Gasteiger charge is -1.99. The molecule has 0 aliphatic rings. The van der Waals surface area contributed by atoms with Crippen LogP contribution in [0.3, 0.4) is 0 Å². The van der Waals surface area contributed by atoms with E-state index in [1.165, 1.54) is 17.4 Å². The molecule has 0 unspecified atom stereocenters. The smallest absolute Gasteiger partial charge is 0.206 e. The second-order valence-electron chi connectivity index (χ2n) is 2.68. The molecule has 7 heteroatoms. The topological polar surface area (TPSA) is 34.1 Å².